The average Bonchev–Trinajstić information content (AvgIpc) is 3.34. The maximum atomic E-state index is 6.16. The fraction of sp³-hybridized carbons (Fsp3) is 0.406. The van der Waals surface area contributed by atoms with Crippen molar-refractivity contribution in [3.63, 3.8) is 0 Å². The average molecular weight is 547 g/mol. The van der Waals surface area contributed by atoms with Crippen LogP contribution in [0.2, 0.25) is 5.02 Å². The van der Waals surface area contributed by atoms with E-state index in [-0.39, 0.29) is 0 Å². The van der Waals surface area contributed by atoms with Crippen molar-refractivity contribution >= 4 is 22.6 Å². The topological polar surface area (TPSA) is 51.6 Å². The van der Waals surface area contributed by atoms with Crippen LogP contribution in [0.1, 0.15) is 31.7 Å². The van der Waals surface area contributed by atoms with Crippen LogP contribution in [-0.4, -0.2) is 60.4 Å². The third-order valence-electron chi connectivity index (χ3n) is 7.24. The molecule has 0 spiro atoms. The predicted octanol–water partition coefficient (Wildman–Crippen LogP) is 6.45. The number of imidazole rings is 1. The van der Waals surface area contributed by atoms with Gasteiger partial charge in [-0.05, 0) is 66.9 Å². The Morgan fingerprint density at radius 3 is 2.36 bits per heavy atom. The highest BCUT2D eigenvalue weighted by Crippen LogP contribution is 2.29. The Morgan fingerprint density at radius 1 is 0.846 bits per heavy atom. The minimum Gasteiger partial charge on any atom is -0.493 e. The molecule has 2 heterocycles. The molecule has 206 valence electrons. The van der Waals surface area contributed by atoms with E-state index < -0.39 is 0 Å². The van der Waals surface area contributed by atoms with Crippen molar-refractivity contribution < 1.29 is 9.47 Å². The number of nitrogens with one attached hydrogen (secondary N) is 1. The van der Waals surface area contributed by atoms with Gasteiger partial charge in [0.2, 0.25) is 0 Å². The van der Waals surface area contributed by atoms with Gasteiger partial charge < -0.3 is 24.3 Å². The van der Waals surface area contributed by atoms with E-state index in [2.05, 4.69) is 46.0 Å². The van der Waals surface area contributed by atoms with Gasteiger partial charge in [-0.25, -0.2) is 4.98 Å². The molecule has 1 aliphatic heterocycles. The number of halogens is 1. The van der Waals surface area contributed by atoms with Crippen LogP contribution in [0.25, 0.3) is 22.4 Å². The number of benzene rings is 3. The van der Waals surface area contributed by atoms with Crippen LogP contribution < -0.4 is 14.8 Å². The molecule has 4 aromatic rings. The molecular weight excluding hydrogens is 508 g/mol. The lowest BCUT2D eigenvalue weighted by Crippen LogP contribution is -2.43. The summed E-state index contributed by atoms with van der Waals surface area (Å²) in [5.41, 5.74) is 4.42. The number of fused-ring (bicyclic) bond motifs is 1. The number of hydrogen-bond donors (Lipinski definition) is 1. The number of ether oxygens (including phenoxy) is 2. The monoisotopic (exact) mass is 546 g/mol. The number of piperazine rings is 1. The molecule has 0 aliphatic carbocycles. The van der Waals surface area contributed by atoms with Crippen LogP contribution in [0.3, 0.4) is 0 Å². The normalized spacial score (nSPS) is 14.1. The van der Waals surface area contributed by atoms with E-state index in [4.69, 9.17) is 26.1 Å². The summed E-state index contributed by atoms with van der Waals surface area (Å²) in [4.78, 5) is 7.52. The zero-order chi connectivity index (χ0) is 26.9. The Kier molecular flexibility index (Phi) is 9.76. The molecule has 7 heteroatoms. The molecule has 0 saturated carbocycles. The summed E-state index contributed by atoms with van der Waals surface area (Å²) < 4.78 is 14.5. The molecule has 5 rings (SSSR count). The van der Waals surface area contributed by atoms with Crippen LogP contribution >= 0.6 is 11.6 Å². The van der Waals surface area contributed by atoms with Crippen molar-refractivity contribution in [1.82, 2.24) is 19.8 Å². The van der Waals surface area contributed by atoms with E-state index in [1.807, 2.05) is 42.5 Å². The smallest absolute Gasteiger partial charge is 0.141 e. The molecular formula is C32H39ClN4O2. The third kappa shape index (κ3) is 7.53. The van der Waals surface area contributed by atoms with Gasteiger partial charge >= 0.3 is 0 Å². The first-order chi connectivity index (χ1) is 19.2. The van der Waals surface area contributed by atoms with Crippen LogP contribution in [0.15, 0.2) is 66.7 Å². The number of aromatic nitrogens is 2. The van der Waals surface area contributed by atoms with Gasteiger partial charge in [0.05, 0.1) is 24.2 Å². The van der Waals surface area contributed by atoms with E-state index in [0.717, 1.165) is 111 Å². The van der Waals surface area contributed by atoms with Gasteiger partial charge in [-0.15, -0.1) is 0 Å². The molecule has 0 amide bonds. The molecule has 0 atom stereocenters. The molecule has 1 aromatic heterocycles. The summed E-state index contributed by atoms with van der Waals surface area (Å²) in [6.45, 7) is 10.0. The lowest BCUT2D eigenvalue weighted by atomic mass is 10.1. The fourth-order valence-corrected chi connectivity index (χ4v) is 5.13. The second-order valence-corrected chi connectivity index (χ2v) is 10.6. The van der Waals surface area contributed by atoms with Gasteiger partial charge in [-0.1, -0.05) is 37.1 Å². The summed E-state index contributed by atoms with van der Waals surface area (Å²) in [7, 11) is 0. The van der Waals surface area contributed by atoms with E-state index in [9.17, 15) is 0 Å². The molecule has 0 bridgehead atoms. The number of aryl methyl sites for hydroxylation is 1. The summed E-state index contributed by atoms with van der Waals surface area (Å²) >= 11 is 5.98. The second-order valence-electron chi connectivity index (χ2n) is 10.1. The summed E-state index contributed by atoms with van der Waals surface area (Å²) in [5, 5.41) is 4.16. The van der Waals surface area contributed by atoms with Crippen molar-refractivity contribution in [3.8, 4) is 22.9 Å². The zero-order valence-corrected chi connectivity index (χ0v) is 23.6. The Morgan fingerprint density at radius 2 is 1.59 bits per heavy atom. The standard InChI is InChI=1S/C32H39ClN4O2/c1-2-3-19-37-31-24-29(38-22-4-18-36-20-16-34-17-21-36)13-14-30(31)35-32(37)26-7-11-28(12-8-26)39-23-15-25-5-9-27(33)10-6-25/h5-14,24,34H,2-4,15-23H2,1H3. The highest BCUT2D eigenvalue weighted by Gasteiger charge is 2.14. The Bertz CT molecular complexity index is 1310. The largest absolute Gasteiger partial charge is 0.493 e. The second kappa shape index (κ2) is 13.8. The number of rotatable bonds is 13. The van der Waals surface area contributed by atoms with Crippen LogP contribution in [0, 0.1) is 0 Å². The van der Waals surface area contributed by atoms with Crippen molar-refractivity contribution in [1.29, 1.82) is 0 Å². The maximum absolute atomic E-state index is 6.16. The van der Waals surface area contributed by atoms with Crippen molar-refractivity contribution in [2.24, 2.45) is 0 Å². The molecule has 1 fully saturated rings. The van der Waals surface area contributed by atoms with Crippen molar-refractivity contribution in [3.05, 3.63) is 77.3 Å². The molecule has 1 N–H and O–H groups in total. The quantitative estimate of drug-likeness (QED) is 0.195. The van der Waals surface area contributed by atoms with E-state index in [1.165, 1.54) is 5.56 Å². The molecule has 1 aliphatic rings. The van der Waals surface area contributed by atoms with Gasteiger partial charge in [0.1, 0.15) is 17.3 Å². The fourth-order valence-electron chi connectivity index (χ4n) is 5.01. The predicted molar refractivity (Wildman–Crippen MR) is 160 cm³/mol. The Balaban J connectivity index is 1.24. The third-order valence-corrected chi connectivity index (χ3v) is 7.49. The van der Waals surface area contributed by atoms with Crippen LogP contribution in [-0.2, 0) is 13.0 Å². The van der Waals surface area contributed by atoms with Gasteiger partial charge in [-0.3, -0.25) is 0 Å². The first kappa shape index (κ1) is 27.5. The summed E-state index contributed by atoms with van der Waals surface area (Å²) in [6.07, 6.45) is 4.10. The minimum atomic E-state index is 0.619. The van der Waals surface area contributed by atoms with Gasteiger partial charge in [0.15, 0.2) is 0 Å². The lowest BCUT2D eigenvalue weighted by molar-refractivity contribution is 0.214. The highest BCUT2D eigenvalue weighted by molar-refractivity contribution is 6.30. The highest BCUT2D eigenvalue weighted by atomic mass is 35.5. The lowest BCUT2D eigenvalue weighted by Gasteiger charge is -2.26. The molecule has 0 unspecified atom stereocenters. The van der Waals surface area contributed by atoms with E-state index in [1.54, 1.807) is 0 Å². The molecule has 6 nitrogen and oxygen atoms in total. The van der Waals surface area contributed by atoms with E-state index >= 15 is 0 Å². The summed E-state index contributed by atoms with van der Waals surface area (Å²) in [6, 6.07) is 22.5. The Labute approximate surface area is 236 Å². The molecule has 0 radical (unpaired) electrons. The molecule has 3 aromatic carbocycles. The minimum absolute atomic E-state index is 0.619. The van der Waals surface area contributed by atoms with Gasteiger partial charge in [-0.2, -0.15) is 0 Å². The summed E-state index contributed by atoms with van der Waals surface area (Å²) in [5.74, 6) is 2.76. The van der Waals surface area contributed by atoms with Crippen molar-refractivity contribution in [2.75, 3.05) is 45.9 Å². The zero-order valence-electron chi connectivity index (χ0n) is 22.9. The van der Waals surface area contributed by atoms with Crippen LogP contribution in [0.4, 0.5) is 0 Å². The van der Waals surface area contributed by atoms with Gasteiger partial charge in [0.25, 0.3) is 0 Å². The molecule has 1 saturated heterocycles. The van der Waals surface area contributed by atoms with Crippen LogP contribution in [0.5, 0.6) is 11.5 Å². The number of unbranched alkanes of at least 4 members (excludes halogenated alkanes) is 1. The maximum Gasteiger partial charge on any atom is 0.141 e. The first-order valence-corrected chi connectivity index (χ1v) is 14.6. The SMILES string of the molecule is CCCCn1c(-c2ccc(OCCc3ccc(Cl)cc3)cc2)nc2ccc(OCCCN3CCNCC3)cc21. The first-order valence-electron chi connectivity index (χ1n) is 14.2. The number of hydrogen-bond acceptors (Lipinski definition) is 5. The Hall–Kier alpha value is -3.06. The number of nitrogens with zero attached hydrogens (tertiary/aromatic N) is 3. The van der Waals surface area contributed by atoms with Gasteiger partial charge in [0, 0.05) is 62.3 Å². The van der Waals surface area contributed by atoms with Crippen molar-refractivity contribution in [2.45, 2.75) is 39.2 Å². The molecule has 39 heavy (non-hydrogen) atoms. The van der Waals surface area contributed by atoms with E-state index in [0.29, 0.717) is 6.61 Å².